The number of likely N-dealkylation sites (N-methyl/N-ethyl adjacent to an activating group) is 1. The summed E-state index contributed by atoms with van der Waals surface area (Å²) < 4.78 is 4.78. The van der Waals surface area contributed by atoms with Gasteiger partial charge in [0.25, 0.3) is 0 Å². The first-order valence-corrected chi connectivity index (χ1v) is 8.27. The third-order valence-electron chi connectivity index (χ3n) is 3.75. The SMILES string of the molecule is CCc1cc(C(=O)OC)c(NC(=O)CN2CCN(C)CC2)s1. The van der Waals surface area contributed by atoms with Gasteiger partial charge in [0.1, 0.15) is 5.00 Å². The van der Waals surface area contributed by atoms with E-state index in [1.165, 1.54) is 18.4 Å². The van der Waals surface area contributed by atoms with Crippen molar-refractivity contribution < 1.29 is 14.3 Å². The normalized spacial score (nSPS) is 16.5. The summed E-state index contributed by atoms with van der Waals surface area (Å²) in [5.41, 5.74) is 0.441. The summed E-state index contributed by atoms with van der Waals surface area (Å²) in [7, 11) is 3.43. The molecule has 0 saturated carbocycles. The Morgan fingerprint density at radius 2 is 2.00 bits per heavy atom. The van der Waals surface area contributed by atoms with E-state index < -0.39 is 5.97 Å². The second-order valence-corrected chi connectivity index (χ2v) is 6.56. The fourth-order valence-electron chi connectivity index (χ4n) is 2.35. The largest absolute Gasteiger partial charge is 0.465 e. The molecule has 1 aliphatic heterocycles. The number of amides is 1. The van der Waals surface area contributed by atoms with Crippen molar-refractivity contribution in [2.45, 2.75) is 13.3 Å². The van der Waals surface area contributed by atoms with Crippen LogP contribution in [-0.4, -0.2) is 68.6 Å². The molecule has 0 spiro atoms. The van der Waals surface area contributed by atoms with Crippen LogP contribution in [0.3, 0.4) is 0 Å². The molecule has 6 nitrogen and oxygen atoms in total. The van der Waals surface area contributed by atoms with Crippen LogP contribution < -0.4 is 5.32 Å². The number of rotatable bonds is 5. The monoisotopic (exact) mass is 325 g/mol. The Labute approximate surface area is 135 Å². The van der Waals surface area contributed by atoms with Gasteiger partial charge >= 0.3 is 5.97 Å². The standard InChI is InChI=1S/C15H23N3O3S/c1-4-11-9-12(15(20)21-3)14(22-11)16-13(19)10-18-7-5-17(2)6-8-18/h9H,4-8,10H2,1-3H3,(H,16,19). The third kappa shape index (κ3) is 4.28. The summed E-state index contributed by atoms with van der Waals surface area (Å²) in [6, 6.07) is 1.79. The number of hydrogen-bond donors (Lipinski definition) is 1. The summed E-state index contributed by atoms with van der Waals surface area (Å²) in [6.45, 7) is 6.09. The van der Waals surface area contributed by atoms with Crippen LogP contribution in [0, 0.1) is 0 Å². The number of piperazine rings is 1. The molecular weight excluding hydrogens is 302 g/mol. The van der Waals surface area contributed by atoms with E-state index in [0.29, 0.717) is 17.1 Å². The van der Waals surface area contributed by atoms with Gasteiger partial charge in [-0.3, -0.25) is 9.69 Å². The van der Waals surface area contributed by atoms with Gasteiger partial charge in [-0.15, -0.1) is 11.3 Å². The fraction of sp³-hybridized carbons (Fsp3) is 0.600. The zero-order valence-corrected chi connectivity index (χ0v) is 14.2. The van der Waals surface area contributed by atoms with Crippen molar-refractivity contribution in [2.75, 3.05) is 52.2 Å². The van der Waals surface area contributed by atoms with E-state index in [2.05, 4.69) is 22.2 Å². The number of hydrogen-bond acceptors (Lipinski definition) is 6. The van der Waals surface area contributed by atoms with Crippen LogP contribution in [0.4, 0.5) is 5.00 Å². The van der Waals surface area contributed by atoms with Crippen LogP contribution in [0.25, 0.3) is 0 Å². The van der Waals surface area contributed by atoms with Gasteiger partial charge in [0.05, 0.1) is 19.2 Å². The number of aryl methyl sites for hydroxylation is 1. The quantitative estimate of drug-likeness (QED) is 0.827. The Morgan fingerprint density at radius 3 is 2.59 bits per heavy atom. The van der Waals surface area contributed by atoms with Gasteiger partial charge < -0.3 is 15.0 Å². The van der Waals surface area contributed by atoms with Crippen LogP contribution in [0.15, 0.2) is 6.07 Å². The summed E-state index contributed by atoms with van der Waals surface area (Å²) in [5.74, 6) is -0.495. The smallest absolute Gasteiger partial charge is 0.340 e. The van der Waals surface area contributed by atoms with E-state index in [-0.39, 0.29) is 5.91 Å². The van der Waals surface area contributed by atoms with Crippen LogP contribution >= 0.6 is 11.3 Å². The highest BCUT2D eigenvalue weighted by molar-refractivity contribution is 7.16. The van der Waals surface area contributed by atoms with Crippen molar-refractivity contribution in [3.05, 3.63) is 16.5 Å². The molecule has 0 radical (unpaired) electrons. The van der Waals surface area contributed by atoms with Crippen LogP contribution in [0.5, 0.6) is 0 Å². The van der Waals surface area contributed by atoms with Crippen molar-refractivity contribution in [2.24, 2.45) is 0 Å². The molecule has 0 aromatic carbocycles. The first-order valence-electron chi connectivity index (χ1n) is 7.45. The maximum absolute atomic E-state index is 12.2. The number of ether oxygens (including phenoxy) is 1. The first-order chi connectivity index (χ1) is 10.5. The molecule has 1 aromatic heterocycles. The van der Waals surface area contributed by atoms with Gasteiger partial charge in [0, 0.05) is 31.1 Å². The minimum absolute atomic E-state index is 0.0841. The lowest BCUT2D eigenvalue weighted by Crippen LogP contribution is -2.47. The van der Waals surface area contributed by atoms with Crippen molar-refractivity contribution in [3.8, 4) is 0 Å². The summed E-state index contributed by atoms with van der Waals surface area (Å²) in [5, 5.41) is 3.45. The predicted molar refractivity (Wildman–Crippen MR) is 87.6 cm³/mol. The first kappa shape index (κ1) is 16.9. The molecule has 2 heterocycles. The lowest BCUT2D eigenvalue weighted by Gasteiger charge is -2.31. The third-order valence-corrected chi connectivity index (χ3v) is 4.95. The highest BCUT2D eigenvalue weighted by Gasteiger charge is 2.20. The van der Waals surface area contributed by atoms with Crippen molar-refractivity contribution in [3.63, 3.8) is 0 Å². The maximum Gasteiger partial charge on any atom is 0.340 e. The van der Waals surface area contributed by atoms with Gasteiger partial charge in [0.2, 0.25) is 5.91 Å². The van der Waals surface area contributed by atoms with Gasteiger partial charge in [-0.1, -0.05) is 6.92 Å². The van der Waals surface area contributed by atoms with Crippen LogP contribution in [0.1, 0.15) is 22.2 Å². The number of nitrogens with zero attached hydrogens (tertiary/aromatic N) is 2. The minimum atomic E-state index is -0.411. The van der Waals surface area contributed by atoms with E-state index in [4.69, 9.17) is 4.74 Å². The van der Waals surface area contributed by atoms with E-state index in [9.17, 15) is 9.59 Å². The molecule has 1 amide bonds. The molecule has 0 atom stereocenters. The molecule has 22 heavy (non-hydrogen) atoms. The van der Waals surface area contributed by atoms with Crippen molar-refractivity contribution >= 4 is 28.2 Å². The summed E-state index contributed by atoms with van der Waals surface area (Å²) in [4.78, 5) is 29.4. The Balaban J connectivity index is 1.98. The van der Waals surface area contributed by atoms with E-state index in [0.717, 1.165) is 37.5 Å². The fourth-order valence-corrected chi connectivity index (χ4v) is 3.35. The lowest BCUT2D eigenvalue weighted by atomic mass is 10.2. The zero-order valence-electron chi connectivity index (χ0n) is 13.3. The molecule has 122 valence electrons. The maximum atomic E-state index is 12.2. The molecular formula is C15H23N3O3S. The molecule has 0 aliphatic carbocycles. The molecule has 1 aliphatic rings. The molecule has 7 heteroatoms. The Morgan fingerprint density at radius 1 is 1.32 bits per heavy atom. The van der Waals surface area contributed by atoms with E-state index in [1.54, 1.807) is 6.07 Å². The molecule has 0 unspecified atom stereocenters. The Kier molecular flexibility index (Phi) is 5.93. The van der Waals surface area contributed by atoms with Gasteiger partial charge in [0.15, 0.2) is 0 Å². The van der Waals surface area contributed by atoms with Crippen LogP contribution in [-0.2, 0) is 16.0 Å². The number of carbonyl (C=O) groups is 2. The average molecular weight is 325 g/mol. The Bertz CT molecular complexity index is 536. The second-order valence-electron chi connectivity index (χ2n) is 5.43. The lowest BCUT2D eigenvalue weighted by molar-refractivity contribution is -0.117. The van der Waals surface area contributed by atoms with E-state index >= 15 is 0 Å². The molecule has 1 saturated heterocycles. The van der Waals surface area contributed by atoms with E-state index in [1.807, 2.05) is 6.92 Å². The molecule has 1 aromatic rings. The highest BCUT2D eigenvalue weighted by atomic mass is 32.1. The topological polar surface area (TPSA) is 61.9 Å². The second kappa shape index (κ2) is 7.71. The highest BCUT2D eigenvalue weighted by Crippen LogP contribution is 2.29. The number of methoxy groups -OCH3 is 1. The molecule has 2 rings (SSSR count). The van der Waals surface area contributed by atoms with Gasteiger partial charge in [-0.25, -0.2) is 4.79 Å². The zero-order chi connectivity index (χ0) is 16.1. The van der Waals surface area contributed by atoms with Crippen molar-refractivity contribution in [1.29, 1.82) is 0 Å². The molecule has 1 N–H and O–H groups in total. The van der Waals surface area contributed by atoms with Crippen molar-refractivity contribution in [1.82, 2.24) is 9.80 Å². The summed E-state index contributed by atoms with van der Waals surface area (Å²) in [6.07, 6.45) is 0.822. The number of anilines is 1. The average Bonchev–Trinajstić information content (AvgIpc) is 2.91. The number of carbonyl (C=O) groups excluding carboxylic acids is 2. The van der Waals surface area contributed by atoms with Gasteiger partial charge in [-0.2, -0.15) is 0 Å². The van der Waals surface area contributed by atoms with Crippen LogP contribution in [0.2, 0.25) is 0 Å². The molecule has 1 fully saturated rings. The predicted octanol–water partition coefficient (Wildman–Crippen LogP) is 1.28. The molecule has 0 bridgehead atoms. The Hall–Kier alpha value is -1.44. The number of thiophene rings is 1. The van der Waals surface area contributed by atoms with Gasteiger partial charge in [-0.05, 0) is 19.5 Å². The number of esters is 1. The minimum Gasteiger partial charge on any atom is -0.465 e. The number of nitrogens with one attached hydrogen (secondary N) is 1. The summed E-state index contributed by atoms with van der Waals surface area (Å²) >= 11 is 1.43.